The number of piperidine rings is 1. The Kier molecular flexibility index (Phi) is 12.6. The van der Waals surface area contributed by atoms with Crippen LogP contribution in [0.4, 0.5) is 0 Å². The average Bonchev–Trinajstić information content (AvgIpc) is 2.78. The molecule has 0 aliphatic carbocycles. The molecule has 1 fully saturated rings. The standard InChI is InChI=1S/C21H35N5O4.HI/c1-5-23-21(25-16-6-8-26(9-7-16)14-20(28)22-2)24-13-19(27)15-10-17(29-3)12-18(11-15)30-4;/h10-12,16,19,27H,5-9,13-14H2,1-4H3,(H,22,28)(H2,23,24,25);1H. The number of rotatable bonds is 9. The molecule has 1 heterocycles. The van der Waals surface area contributed by atoms with E-state index < -0.39 is 6.10 Å². The summed E-state index contributed by atoms with van der Waals surface area (Å²) in [7, 11) is 4.82. The molecule has 0 spiro atoms. The monoisotopic (exact) mass is 549 g/mol. The number of guanidine groups is 1. The van der Waals surface area contributed by atoms with Gasteiger partial charge in [-0.1, -0.05) is 0 Å². The van der Waals surface area contributed by atoms with Crippen molar-refractivity contribution >= 4 is 35.8 Å². The number of hydrogen-bond acceptors (Lipinski definition) is 6. The number of aliphatic hydroxyl groups excluding tert-OH is 1. The van der Waals surface area contributed by atoms with Gasteiger partial charge in [0.25, 0.3) is 0 Å². The lowest BCUT2D eigenvalue weighted by Gasteiger charge is -2.32. The average molecular weight is 549 g/mol. The van der Waals surface area contributed by atoms with E-state index in [1.807, 2.05) is 6.92 Å². The first-order valence-corrected chi connectivity index (χ1v) is 10.4. The van der Waals surface area contributed by atoms with E-state index in [1.54, 1.807) is 39.5 Å². The van der Waals surface area contributed by atoms with Gasteiger partial charge >= 0.3 is 0 Å². The number of halogens is 1. The van der Waals surface area contributed by atoms with Crippen molar-refractivity contribution in [3.63, 3.8) is 0 Å². The topological polar surface area (TPSA) is 107 Å². The molecule has 1 saturated heterocycles. The molecule has 1 aromatic rings. The molecule has 0 bridgehead atoms. The maximum Gasteiger partial charge on any atom is 0.233 e. The van der Waals surface area contributed by atoms with Crippen molar-refractivity contribution in [1.29, 1.82) is 0 Å². The summed E-state index contributed by atoms with van der Waals surface area (Å²) in [5.41, 5.74) is 0.688. The Morgan fingerprint density at radius 3 is 2.35 bits per heavy atom. The minimum atomic E-state index is -0.779. The number of aliphatic imine (C=N–C) groups is 1. The van der Waals surface area contributed by atoms with Gasteiger partial charge in [0.15, 0.2) is 5.96 Å². The number of benzene rings is 1. The number of hydrogen-bond donors (Lipinski definition) is 4. The van der Waals surface area contributed by atoms with Crippen molar-refractivity contribution in [3.05, 3.63) is 23.8 Å². The Bertz CT molecular complexity index is 689. The number of carbonyl (C=O) groups is 1. The largest absolute Gasteiger partial charge is 0.497 e. The van der Waals surface area contributed by atoms with Crippen LogP contribution >= 0.6 is 24.0 Å². The van der Waals surface area contributed by atoms with Crippen LogP contribution in [-0.2, 0) is 4.79 Å². The lowest BCUT2D eigenvalue weighted by Crippen LogP contribution is -2.50. The van der Waals surface area contributed by atoms with E-state index in [2.05, 4.69) is 25.8 Å². The molecule has 1 unspecified atom stereocenters. The molecule has 2 rings (SSSR count). The van der Waals surface area contributed by atoms with Crippen molar-refractivity contribution in [2.45, 2.75) is 31.9 Å². The van der Waals surface area contributed by atoms with E-state index in [4.69, 9.17) is 9.47 Å². The van der Waals surface area contributed by atoms with E-state index >= 15 is 0 Å². The van der Waals surface area contributed by atoms with E-state index in [0.717, 1.165) is 32.5 Å². The van der Waals surface area contributed by atoms with Crippen LogP contribution in [0.15, 0.2) is 23.2 Å². The van der Waals surface area contributed by atoms with Gasteiger partial charge in [0.05, 0.1) is 33.4 Å². The summed E-state index contributed by atoms with van der Waals surface area (Å²) >= 11 is 0. The minimum absolute atomic E-state index is 0. The lowest BCUT2D eigenvalue weighted by molar-refractivity contribution is -0.122. The highest BCUT2D eigenvalue weighted by Gasteiger charge is 2.21. The summed E-state index contributed by atoms with van der Waals surface area (Å²) < 4.78 is 10.5. The summed E-state index contributed by atoms with van der Waals surface area (Å²) in [5.74, 6) is 1.97. The van der Waals surface area contributed by atoms with Crippen molar-refractivity contribution < 1.29 is 19.4 Å². The van der Waals surface area contributed by atoms with Crippen LogP contribution < -0.4 is 25.4 Å². The Labute approximate surface area is 202 Å². The highest BCUT2D eigenvalue weighted by molar-refractivity contribution is 14.0. The number of methoxy groups -OCH3 is 2. The molecule has 9 nitrogen and oxygen atoms in total. The van der Waals surface area contributed by atoms with E-state index in [0.29, 0.717) is 29.6 Å². The summed E-state index contributed by atoms with van der Waals surface area (Å²) in [6.45, 7) is 5.10. The predicted octanol–water partition coefficient (Wildman–Crippen LogP) is 1.12. The van der Waals surface area contributed by atoms with E-state index in [1.165, 1.54) is 0 Å². The van der Waals surface area contributed by atoms with Gasteiger partial charge in [-0.25, -0.2) is 0 Å². The van der Waals surface area contributed by atoms with E-state index in [9.17, 15) is 9.90 Å². The van der Waals surface area contributed by atoms with Crippen molar-refractivity contribution in [3.8, 4) is 11.5 Å². The van der Waals surface area contributed by atoms with E-state index in [-0.39, 0.29) is 42.5 Å². The third-order valence-corrected chi connectivity index (χ3v) is 5.10. The zero-order chi connectivity index (χ0) is 21.9. The second-order valence-electron chi connectivity index (χ2n) is 7.25. The minimum Gasteiger partial charge on any atom is -0.497 e. The molecular formula is C21H36IN5O4. The van der Waals surface area contributed by atoms with Gasteiger partial charge < -0.3 is 30.5 Å². The molecule has 0 saturated carbocycles. The lowest BCUT2D eigenvalue weighted by atomic mass is 10.1. The number of likely N-dealkylation sites (N-methyl/N-ethyl adjacent to an activating group) is 1. The number of carbonyl (C=O) groups excluding carboxylic acids is 1. The van der Waals surface area contributed by atoms with Crippen LogP contribution in [-0.4, -0.2) is 81.9 Å². The van der Waals surface area contributed by atoms with Gasteiger partial charge in [-0.15, -0.1) is 24.0 Å². The van der Waals surface area contributed by atoms with Crippen LogP contribution in [0.3, 0.4) is 0 Å². The molecule has 1 aliphatic rings. The van der Waals surface area contributed by atoms with Crippen LogP contribution in [0, 0.1) is 0 Å². The molecule has 10 heteroatoms. The summed E-state index contributed by atoms with van der Waals surface area (Å²) in [6.07, 6.45) is 1.08. The quantitative estimate of drug-likeness (QED) is 0.208. The first kappa shape index (κ1) is 27.2. The van der Waals surface area contributed by atoms with Crippen molar-refractivity contribution in [2.75, 3.05) is 54.0 Å². The number of likely N-dealkylation sites (tertiary alicyclic amines) is 1. The summed E-state index contributed by atoms with van der Waals surface area (Å²) in [4.78, 5) is 18.2. The zero-order valence-electron chi connectivity index (χ0n) is 18.8. The number of ether oxygens (including phenoxy) is 2. The van der Waals surface area contributed by atoms with Crippen LogP contribution in [0.5, 0.6) is 11.5 Å². The van der Waals surface area contributed by atoms with Gasteiger partial charge in [0, 0.05) is 38.8 Å². The molecule has 1 amide bonds. The van der Waals surface area contributed by atoms with Crippen molar-refractivity contribution in [1.82, 2.24) is 20.9 Å². The molecule has 4 N–H and O–H groups in total. The Morgan fingerprint density at radius 2 is 1.84 bits per heavy atom. The molecule has 0 aromatic heterocycles. The fourth-order valence-electron chi connectivity index (χ4n) is 3.34. The van der Waals surface area contributed by atoms with Gasteiger partial charge in [-0.3, -0.25) is 14.7 Å². The normalized spacial score (nSPS) is 16.1. The maximum atomic E-state index is 11.5. The van der Waals surface area contributed by atoms with Crippen molar-refractivity contribution in [2.24, 2.45) is 4.99 Å². The number of nitrogens with zero attached hydrogens (tertiary/aromatic N) is 2. The highest BCUT2D eigenvalue weighted by atomic mass is 127. The fraction of sp³-hybridized carbons (Fsp3) is 0.619. The third-order valence-electron chi connectivity index (χ3n) is 5.10. The predicted molar refractivity (Wildman–Crippen MR) is 133 cm³/mol. The Balaban J connectivity index is 0.00000480. The van der Waals surface area contributed by atoms with Gasteiger partial charge in [-0.05, 0) is 37.5 Å². The maximum absolute atomic E-state index is 11.5. The second kappa shape index (κ2) is 14.3. The first-order chi connectivity index (χ1) is 14.5. The van der Waals surface area contributed by atoms with Crippen LogP contribution in [0.1, 0.15) is 31.4 Å². The zero-order valence-corrected chi connectivity index (χ0v) is 21.1. The highest BCUT2D eigenvalue weighted by Crippen LogP contribution is 2.26. The summed E-state index contributed by atoms with van der Waals surface area (Å²) in [6, 6.07) is 5.61. The Morgan fingerprint density at radius 1 is 1.23 bits per heavy atom. The first-order valence-electron chi connectivity index (χ1n) is 10.4. The molecule has 1 aliphatic heterocycles. The van der Waals surface area contributed by atoms with Crippen LogP contribution in [0.2, 0.25) is 0 Å². The number of nitrogens with one attached hydrogen (secondary N) is 3. The Hall–Kier alpha value is -1.79. The summed E-state index contributed by atoms with van der Waals surface area (Å²) in [5, 5.41) is 20.0. The molecule has 1 aromatic carbocycles. The van der Waals surface area contributed by atoms with Crippen LogP contribution in [0.25, 0.3) is 0 Å². The second-order valence-corrected chi connectivity index (χ2v) is 7.25. The molecular weight excluding hydrogens is 513 g/mol. The SMILES string of the molecule is CCNC(=NCC(O)c1cc(OC)cc(OC)c1)NC1CCN(CC(=O)NC)CC1.I. The molecule has 31 heavy (non-hydrogen) atoms. The number of aliphatic hydroxyl groups is 1. The van der Waals surface area contributed by atoms with Gasteiger partial charge in [0.2, 0.25) is 5.91 Å². The number of amides is 1. The van der Waals surface area contributed by atoms with Gasteiger partial charge in [0.1, 0.15) is 11.5 Å². The third kappa shape index (κ3) is 9.08. The molecule has 176 valence electrons. The molecule has 1 atom stereocenters. The molecule has 0 radical (unpaired) electrons. The smallest absolute Gasteiger partial charge is 0.233 e. The van der Waals surface area contributed by atoms with Gasteiger partial charge in [-0.2, -0.15) is 0 Å². The fourth-order valence-corrected chi connectivity index (χ4v) is 3.34.